The van der Waals surface area contributed by atoms with E-state index in [1.54, 1.807) is 18.2 Å². The summed E-state index contributed by atoms with van der Waals surface area (Å²) in [6, 6.07) is 5.01. The van der Waals surface area contributed by atoms with Crippen LogP contribution in [0.3, 0.4) is 0 Å². The zero-order valence-corrected chi connectivity index (χ0v) is 11.9. The van der Waals surface area contributed by atoms with E-state index in [2.05, 4.69) is 21.2 Å². The lowest BCUT2D eigenvalue weighted by molar-refractivity contribution is 0.0953. The first-order chi connectivity index (χ1) is 7.52. The van der Waals surface area contributed by atoms with Crippen LogP contribution in [0.5, 0.6) is 0 Å². The first kappa shape index (κ1) is 13.8. The smallest absolute Gasteiger partial charge is 0.254 e. The molecule has 1 unspecified atom stereocenters. The van der Waals surface area contributed by atoms with E-state index < -0.39 is 0 Å². The van der Waals surface area contributed by atoms with E-state index in [0.29, 0.717) is 27.0 Å². The summed E-state index contributed by atoms with van der Waals surface area (Å²) in [5, 5.41) is 3.52. The number of hydrogen-bond acceptors (Lipinski definition) is 1. The number of hydrogen-bond donors (Lipinski definition) is 1. The molecule has 1 atom stereocenters. The first-order valence-corrected chi connectivity index (χ1v) is 6.56. The molecule has 5 heteroatoms. The van der Waals surface area contributed by atoms with Crippen molar-refractivity contribution in [2.75, 3.05) is 6.54 Å². The van der Waals surface area contributed by atoms with E-state index >= 15 is 0 Å². The van der Waals surface area contributed by atoms with Crippen LogP contribution in [0.1, 0.15) is 23.7 Å². The van der Waals surface area contributed by atoms with Crippen LogP contribution < -0.4 is 5.32 Å². The van der Waals surface area contributed by atoms with E-state index in [-0.39, 0.29) is 5.91 Å². The Kier molecular flexibility index (Phi) is 5.59. The minimum atomic E-state index is -0.233. The van der Waals surface area contributed by atoms with Crippen LogP contribution in [0.25, 0.3) is 0 Å². The molecule has 1 aromatic rings. The van der Waals surface area contributed by atoms with Crippen molar-refractivity contribution in [1.29, 1.82) is 0 Å². The SMILES string of the molecule is CC(Br)CCNC(=O)c1c(Cl)cccc1Cl. The molecule has 1 N–H and O–H groups in total. The Hall–Kier alpha value is -0.250. The van der Waals surface area contributed by atoms with Crippen LogP contribution in [0.2, 0.25) is 10.0 Å². The summed E-state index contributed by atoms with van der Waals surface area (Å²) in [5.41, 5.74) is 0.341. The summed E-state index contributed by atoms with van der Waals surface area (Å²) >= 11 is 15.2. The molecule has 0 saturated heterocycles. The lowest BCUT2D eigenvalue weighted by atomic mass is 10.2. The molecule has 0 heterocycles. The second-order valence-corrected chi connectivity index (χ2v) is 5.80. The van der Waals surface area contributed by atoms with Crippen molar-refractivity contribution in [3.63, 3.8) is 0 Å². The third-order valence-corrected chi connectivity index (χ3v) is 3.11. The molecular weight excluding hydrogens is 313 g/mol. The third kappa shape index (κ3) is 3.96. The summed E-state index contributed by atoms with van der Waals surface area (Å²) in [7, 11) is 0. The molecule has 1 amide bonds. The first-order valence-electron chi connectivity index (χ1n) is 4.88. The fourth-order valence-corrected chi connectivity index (χ4v) is 1.99. The predicted molar refractivity (Wildman–Crippen MR) is 71.8 cm³/mol. The van der Waals surface area contributed by atoms with E-state index in [4.69, 9.17) is 23.2 Å². The maximum atomic E-state index is 11.8. The second-order valence-electron chi connectivity index (χ2n) is 3.42. The number of carbonyl (C=O) groups excluding carboxylic acids is 1. The number of alkyl halides is 1. The minimum absolute atomic E-state index is 0.233. The quantitative estimate of drug-likeness (QED) is 0.836. The van der Waals surface area contributed by atoms with Crippen LogP contribution in [-0.2, 0) is 0 Å². The average Bonchev–Trinajstić information content (AvgIpc) is 2.16. The number of benzene rings is 1. The van der Waals surface area contributed by atoms with Crippen molar-refractivity contribution in [2.24, 2.45) is 0 Å². The summed E-state index contributed by atoms with van der Waals surface area (Å²) in [6.07, 6.45) is 0.855. The molecule has 0 aliphatic carbocycles. The highest BCUT2D eigenvalue weighted by Gasteiger charge is 2.13. The molecule has 0 spiro atoms. The number of carbonyl (C=O) groups is 1. The van der Waals surface area contributed by atoms with E-state index in [1.807, 2.05) is 6.92 Å². The Morgan fingerprint density at radius 3 is 2.50 bits per heavy atom. The topological polar surface area (TPSA) is 29.1 Å². The standard InChI is InChI=1S/C11H12BrCl2NO/c1-7(12)5-6-15-11(16)10-8(13)3-2-4-9(10)14/h2-4,7H,5-6H2,1H3,(H,15,16). The maximum Gasteiger partial charge on any atom is 0.254 e. The summed E-state index contributed by atoms with van der Waals surface area (Å²) in [4.78, 5) is 12.1. The molecule has 0 fully saturated rings. The van der Waals surface area contributed by atoms with Crippen molar-refractivity contribution in [2.45, 2.75) is 18.2 Å². The molecular formula is C11H12BrCl2NO. The van der Waals surface area contributed by atoms with Crippen LogP contribution in [0.4, 0.5) is 0 Å². The highest BCUT2D eigenvalue weighted by molar-refractivity contribution is 9.09. The highest BCUT2D eigenvalue weighted by Crippen LogP contribution is 2.23. The fourth-order valence-electron chi connectivity index (χ4n) is 1.19. The molecule has 1 aromatic carbocycles. The molecule has 0 aromatic heterocycles. The zero-order chi connectivity index (χ0) is 12.1. The molecule has 88 valence electrons. The number of rotatable bonds is 4. The normalized spacial score (nSPS) is 12.2. The molecule has 1 rings (SSSR count). The van der Waals surface area contributed by atoms with Crippen molar-refractivity contribution >= 4 is 45.0 Å². The largest absolute Gasteiger partial charge is 0.352 e. The van der Waals surface area contributed by atoms with E-state index in [1.165, 1.54) is 0 Å². The summed E-state index contributed by atoms with van der Waals surface area (Å²) in [5.74, 6) is -0.233. The molecule has 0 radical (unpaired) electrons. The van der Waals surface area contributed by atoms with Crippen LogP contribution in [-0.4, -0.2) is 17.3 Å². The lowest BCUT2D eigenvalue weighted by Crippen LogP contribution is -2.26. The van der Waals surface area contributed by atoms with Gasteiger partial charge in [-0.3, -0.25) is 4.79 Å². The van der Waals surface area contributed by atoms with Gasteiger partial charge < -0.3 is 5.32 Å². The molecule has 0 bridgehead atoms. The molecule has 0 aliphatic rings. The van der Waals surface area contributed by atoms with Gasteiger partial charge >= 0.3 is 0 Å². The van der Waals surface area contributed by atoms with Gasteiger partial charge in [-0.1, -0.05) is 52.1 Å². The Bertz CT molecular complexity index is 362. The van der Waals surface area contributed by atoms with Gasteiger partial charge in [0.05, 0.1) is 15.6 Å². The van der Waals surface area contributed by atoms with Gasteiger partial charge in [0.2, 0.25) is 0 Å². The molecule has 2 nitrogen and oxygen atoms in total. The van der Waals surface area contributed by atoms with Gasteiger partial charge in [0.1, 0.15) is 0 Å². The van der Waals surface area contributed by atoms with Gasteiger partial charge in [0.25, 0.3) is 5.91 Å². The number of nitrogens with one attached hydrogen (secondary N) is 1. The van der Waals surface area contributed by atoms with Crippen LogP contribution >= 0.6 is 39.1 Å². The van der Waals surface area contributed by atoms with Gasteiger partial charge in [-0.25, -0.2) is 0 Å². The Morgan fingerprint density at radius 2 is 2.00 bits per heavy atom. The fraction of sp³-hybridized carbons (Fsp3) is 0.364. The Balaban J connectivity index is 2.66. The Labute approximate surface area is 113 Å². The van der Waals surface area contributed by atoms with Gasteiger partial charge in [0, 0.05) is 11.4 Å². The summed E-state index contributed by atoms with van der Waals surface area (Å²) in [6.45, 7) is 2.61. The van der Waals surface area contributed by atoms with Gasteiger partial charge in [-0.15, -0.1) is 0 Å². The van der Waals surface area contributed by atoms with Crippen molar-refractivity contribution in [3.05, 3.63) is 33.8 Å². The monoisotopic (exact) mass is 323 g/mol. The van der Waals surface area contributed by atoms with Crippen molar-refractivity contribution in [3.8, 4) is 0 Å². The van der Waals surface area contributed by atoms with Gasteiger partial charge in [-0.2, -0.15) is 0 Å². The molecule has 16 heavy (non-hydrogen) atoms. The maximum absolute atomic E-state index is 11.8. The highest BCUT2D eigenvalue weighted by atomic mass is 79.9. The molecule has 0 saturated carbocycles. The van der Waals surface area contributed by atoms with E-state index in [0.717, 1.165) is 6.42 Å². The van der Waals surface area contributed by atoms with Gasteiger partial charge in [-0.05, 0) is 18.6 Å². The zero-order valence-electron chi connectivity index (χ0n) is 8.77. The van der Waals surface area contributed by atoms with E-state index in [9.17, 15) is 4.79 Å². The summed E-state index contributed by atoms with van der Waals surface area (Å²) < 4.78 is 0. The van der Waals surface area contributed by atoms with Gasteiger partial charge in [0.15, 0.2) is 0 Å². The van der Waals surface area contributed by atoms with Crippen LogP contribution in [0.15, 0.2) is 18.2 Å². The average molecular weight is 325 g/mol. The third-order valence-electron chi connectivity index (χ3n) is 2.02. The lowest BCUT2D eigenvalue weighted by Gasteiger charge is -2.08. The van der Waals surface area contributed by atoms with Crippen molar-refractivity contribution < 1.29 is 4.79 Å². The van der Waals surface area contributed by atoms with Crippen molar-refractivity contribution in [1.82, 2.24) is 5.32 Å². The minimum Gasteiger partial charge on any atom is -0.352 e. The van der Waals surface area contributed by atoms with Crippen LogP contribution in [0, 0.1) is 0 Å². The Morgan fingerprint density at radius 1 is 1.44 bits per heavy atom. The predicted octanol–water partition coefficient (Wildman–Crippen LogP) is 3.90. The number of amides is 1. The second kappa shape index (κ2) is 6.48. The molecule has 0 aliphatic heterocycles. The number of halogens is 3.